The molecule has 2 amide bonds. The van der Waals surface area contributed by atoms with Gasteiger partial charge in [-0.05, 0) is 17.7 Å². The predicted molar refractivity (Wildman–Crippen MR) is 97.0 cm³/mol. The van der Waals surface area contributed by atoms with Crippen LogP contribution in [-0.2, 0) is 4.79 Å². The van der Waals surface area contributed by atoms with Gasteiger partial charge in [0, 0.05) is 29.7 Å². The van der Waals surface area contributed by atoms with Crippen LogP contribution in [-0.4, -0.2) is 42.1 Å². The molecule has 1 aliphatic rings. The van der Waals surface area contributed by atoms with Crippen molar-refractivity contribution in [1.82, 2.24) is 10.2 Å². The third-order valence-electron chi connectivity index (χ3n) is 4.03. The molecule has 0 aromatic heterocycles. The molecule has 1 fully saturated rings. The molecule has 24 heavy (non-hydrogen) atoms. The molecular formula is C19H20N2O2S. The van der Waals surface area contributed by atoms with Gasteiger partial charge in [0.2, 0.25) is 5.91 Å². The number of benzene rings is 2. The van der Waals surface area contributed by atoms with E-state index < -0.39 is 0 Å². The molecule has 1 atom stereocenters. The van der Waals surface area contributed by atoms with Gasteiger partial charge < -0.3 is 10.2 Å². The van der Waals surface area contributed by atoms with Crippen LogP contribution in [0, 0.1) is 0 Å². The summed E-state index contributed by atoms with van der Waals surface area (Å²) in [6, 6.07) is 19.2. The Morgan fingerprint density at radius 2 is 1.71 bits per heavy atom. The average Bonchev–Trinajstić information content (AvgIpc) is 2.67. The maximum atomic E-state index is 12.4. The first-order valence-corrected chi connectivity index (χ1v) is 9.06. The van der Waals surface area contributed by atoms with Gasteiger partial charge in [0.05, 0.1) is 6.54 Å². The molecule has 0 radical (unpaired) electrons. The Kier molecular flexibility index (Phi) is 5.54. The van der Waals surface area contributed by atoms with Crippen molar-refractivity contribution in [2.24, 2.45) is 0 Å². The molecule has 2 aromatic rings. The second kappa shape index (κ2) is 8.02. The van der Waals surface area contributed by atoms with Gasteiger partial charge >= 0.3 is 0 Å². The van der Waals surface area contributed by atoms with Crippen LogP contribution in [0.2, 0.25) is 0 Å². The summed E-state index contributed by atoms with van der Waals surface area (Å²) in [6.07, 6.45) is 0. The van der Waals surface area contributed by atoms with Crippen molar-refractivity contribution >= 4 is 23.6 Å². The van der Waals surface area contributed by atoms with Crippen LogP contribution < -0.4 is 5.32 Å². The highest BCUT2D eigenvalue weighted by molar-refractivity contribution is 7.99. The Labute approximate surface area is 146 Å². The fraction of sp³-hybridized carbons (Fsp3) is 0.263. The standard InChI is InChI=1S/C19H20N2O2S/c22-18(13-20-19(23)16-9-5-2-6-10-16)21-11-12-24-17(14-21)15-7-3-1-4-8-15/h1-10,17H,11-14H2,(H,20,23). The van der Waals surface area contributed by atoms with Crippen molar-refractivity contribution in [3.8, 4) is 0 Å². The van der Waals surface area contributed by atoms with Gasteiger partial charge in [-0.1, -0.05) is 48.5 Å². The molecule has 0 spiro atoms. The van der Waals surface area contributed by atoms with E-state index >= 15 is 0 Å². The quantitative estimate of drug-likeness (QED) is 0.931. The summed E-state index contributed by atoms with van der Waals surface area (Å²) in [5, 5.41) is 3.01. The summed E-state index contributed by atoms with van der Waals surface area (Å²) >= 11 is 1.88. The van der Waals surface area contributed by atoms with Gasteiger partial charge in [-0.2, -0.15) is 11.8 Å². The van der Waals surface area contributed by atoms with Gasteiger partial charge in [-0.3, -0.25) is 9.59 Å². The number of thioether (sulfide) groups is 1. The first-order chi connectivity index (χ1) is 11.7. The van der Waals surface area contributed by atoms with Gasteiger partial charge in [-0.25, -0.2) is 0 Å². The molecule has 1 saturated heterocycles. The molecule has 1 aliphatic heterocycles. The van der Waals surface area contributed by atoms with Gasteiger partial charge in [0.1, 0.15) is 0 Å². The summed E-state index contributed by atoms with van der Waals surface area (Å²) in [6.45, 7) is 1.46. The van der Waals surface area contributed by atoms with E-state index in [-0.39, 0.29) is 18.4 Å². The van der Waals surface area contributed by atoms with Crippen LogP contribution in [0.1, 0.15) is 21.2 Å². The van der Waals surface area contributed by atoms with Crippen molar-refractivity contribution < 1.29 is 9.59 Å². The molecule has 1 heterocycles. The highest BCUT2D eigenvalue weighted by Gasteiger charge is 2.25. The van der Waals surface area contributed by atoms with Crippen molar-refractivity contribution in [3.63, 3.8) is 0 Å². The molecule has 2 aromatic carbocycles. The van der Waals surface area contributed by atoms with Crippen molar-refractivity contribution in [2.75, 3.05) is 25.4 Å². The summed E-state index contributed by atoms with van der Waals surface area (Å²) in [4.78, 5) is 26.3. The number of hydrogen-bond acceptors (Lipinski definition) is 3. The van der Waals surface area contributed by atoms with E-state index in [4.69, 9.17) is 0 Å². The number of carbonyl (C=O) groups is 2. The van der Waals surface area contributed by atoms with E-state index in [1.54, 1.807) is 12.1 Å². The van der Waals surface area contributed by atoms with Gasteiger partial charge in [0.25, 0.3) is 5.91 Å². The average molecular weight is 340 g/mol. The molecule has 5 heteroatoms. The van der Waals surface area contributed by atoms with Crippen LogP contribution in [0.4, 0.5) is 0 Å². The maximum Gasteiger partial charge on any atom is 0.251 e. The van der Waals surface area contributed by atoms with E-state index in [1.807, 2.05) is 53.1 Å². The Balaban J connectivity index is 1.54. The largest absolute Gasteiger partial charge is 0.343 e. The Morgan fingerprint density at radius 3 is 2.42 bits per heavy atom. The molecule has 1 unspecified atom stereocenters. The zero-order valence-corrected chi connectivity index (χ0v) is 14.2. The molecule has 0 bridgehead atoms. The second-order valence-corrected chi connectivity index (χ2v) is 6.97. The summed E-state index contributed by atoms with van der Waals surface area (Å²) < 4.78 is 0. The fourth-order valence-corrected chi connectivity index (χ4v) is 3.95. The third-order valence-corrected chi connectivity index (χ3v) is 5.27. The normalized spacial score (nSPS) is 17.3. The number of hydrogen-bond donors (Lipinski definition) is 1. The molecule has 1 N–H and O–H groups in total. The Hall–Kier alpha value is -2.27. The number of nitrogens with zero attached hydrogens (tertiary/aromatic N) is 1. The van der Waals surface area contributed by atoms with Crippen LogP contribution in [0.5, 0.6) is 0 Å². The fourth-order valence-electron chi connectivity index (χ4n) is 2.70. The van der Waals surface area contributed by atoms with E-state index in [9.17, 15) is 9.59 Å². The first-order valence-electron chi connectivity index (χ1n) is 8.01. The molecule has 0 aliphatic carbocycles. The summed E-state index contributed by atoms with van der Waals surface area (Å²) in [7, 11) is 0. The van der Waals surface area contributed by atoms with Crippen molar-refractivity contribution in [3.05, 3.63) is 71.8 Å². The second-order valence-electron chi connectivity index (χ2n) is 5.66. The van der Waals surface area contributed by atoms with E-state index in [0.717, 1.165) is 12.3 Å². The Morgan fingerprint density at radius 1 is 1.04 bits per heavy atom. The number of rotatable bonds is 4. The number of carbonyl (C=O) groups excluding carboxylic acids is 2. The maximum absolute atomic E-state index is 12.4. The van der Waals surface area contributed by atoms with Crippen LogP contribution in [0.15, 0.2) is 60.7 Å². The zero-order chi connectivity index (χ0) is 16.8. The van der Waals surface area contributed by atoms with E-state index in [0.29, 0.717) is 17.4 Å². The highest BCUT2D eigenvalue weighted by atomic mass is 32.2. The monoisotopic (exact) mass is 340 g/mol. The minimum Gasteiger partial charge on any atom is -0.343 e. The predicted octanol–water partition coefficient (Wildman–Crippen LogP) is 2.73. The topological polar surface area (TPSA) is 49.4 Å². The summed E-state index contributed by atoms with van der Waals surface area (Å²) in [5.74, 6) is 0.674. The van der Waals surface area contributed by atoms with Crippen molar-refractivity contribution in [1.29, 1.82) is 0 Å². The molecular weight excluding hydrogens is 320 g/mol. The minimum atomic E-state index is -0.213. The van der Waals surface area contributed by atoms with E-state index in [1.165, 1.54) is 5.56 Å². The minimum absolute atomic E-state index is 0.0273. The third kappa shape index (κ3) is 4.17. The van der Waals surface area contributed by atoms with Crippen molar-refractivity contribution in [2.45, 2.75) is 5.25 Å². The molecule has 4 nitrogen and oxygen atoms in total. The van der Waals surface area contributed by atoms with Gasteiger partial charge in [0.15, 0.2) is 0 Å². The smallest absolute Gasteiger partial charge is 0.251 e. The molecule has 124 valence electrons. The lowest BCUT2D eigenvalue weighted by atomic mass is 10.1. The van der Waals surface area contributed by atoms with Crippen LogP contribution >= 0.6 is 11.8 Å². The van der Waals surface area contributed by atoms with Crippen LogP contribution in [0.3, 0.4) is 0 Å². The lowest BCUT2D eigenvalue weighted by Crippen LogP contribution is -2.44. The first kappa shape index (κ1) is 16.6. The lowest BCUT2D eigenvalue weighted by Gasteiger charge is -2.32. The Bertz CT molecular complexity index is 691. The lowest BCUT2D eigenvalue weighted by molar-refractivity contribution is -0.130. The number of nitrogens with one attached hydrogen (secondary N) is 1. The molecule has 3 rings (SSSR count). The van der Waals surface area contributed by atoms with E-state index in [2.05, 4.69) is 17.4 Å². The van der Waals surface area contributed by atoms with Crippen LogP contribution in [0.25, 0.3) is 0 Å². The SMILES string of the molecule is O=C(NCC(=O)N1CCSC(c2ccccc2)C1)c1ccccc1. The van der Waals surface area contributed by atoms with Gasteiger partial charge in [-0.15, -0.1) is 0 Å². The molecule has 0 saturated carbocycles. The number of amides is 2. The summed E-state index contributed by atoms with van der Waals surface area (Å²) in [5.41, 5.74) is 1.81. The highest BCUT2D eigenvalue weighted by Crippen LogP contribution is 2.32. The zero-order valence-electron chi connectivity index (χ0n) is 13.4.